The Labute approximate surface area is 193 Å². The Morgan fingerprint density at radius 2 is 1.61 bits per heavy atom. The molecule has 31 heavy (non-hydrogen) atoms. The van der Waals surface area contributed by atoms with E-state index in [4.69, 9.17) is 9.47 Å². The van der Waals surface area contributed by atoms with Crippen molar-refractivity contribution in [1.82, 2.24) is 0 Å². The van der Waals surface area contributed by atoms with Crippen molar-refractivity contribution >= 4 is 46.2 Å². The van der Waals surface area contributed by atoms with Crippen LogP contribution in [0.5, 0.6) is 11.5 Å². The first-order chi connectivity index (χ1) is 15.0. The molecular weight excluding hydrogens is 507 g/mol. The van der Waals surface area contributed by atoms with Crippen LogP contribution >= 0.6 is 22.6 Å². The topological polar surface area (TPSA) is 88.4 Å². The number of esters is 1. The molecule has 0 saturated heterocycles. The molecule has 0 saturated carbocycles. The number of ether oxygens (including phenoxy) is 2. The monoisotopic (exact) mass is 524 g/mol. The van der Waals surface area contributed by atoms with Gasteiger partial charge < -0.3 is 14.8 Å². The van der Waals surface area contributed by atoms with Gasteiger partial charge in [0.25, 0.3) is 5.91 Å². The first kappa shape index (κ1) is 22.1. The summed E-state index contributed by atoms with van der Waals surface area (Å²) < 4.78 is 11.3. The number of rotatable bonds is 6. The van der Waals surface area contributed by atoms with Crippen LogP contribution in [-0.2, 0) is 4.79 Å². The standard InChI is InChI=1S/C24H17IN2O4/c1-30-19-12-8-17(9-13-19)24(29)31-20-10-6-16(7-11-20)14-18(15-26)23(28)27-22-5-3-2-4-21(22)25/h2-14H,1H3,(H,27,28)/b18-14-. The largest absolute Gasteiger partial charge is 0.497 e. The third kappa shape index (κ3) is 5.93. The molecule has 0 unspecified atom stereocenters. The highest BCUT2D eigenvalue weighted by Gasteiger charge is 2.12. The SMILES string of the molecule is COc1ccc(C(=O)Oc2ccc(/C=C(/C#N)C(=O)Nc3ccccc3I)cc2)cc1. The van der Waals surface area contributed by atoms with Gasteiger partial charge in [-0.25, -0.2) is 4.79 Å². The van der Waals surface area contributed by atoms with Crippen LogP contribution in [0.25, 0.3) is 6.08 Å². The van der Waals surface area contributed by atoms with Crippen molar-refractivity contribution in [2.45, 2.75) is 0 Å². The lowest BCUT2D eigenvalue weighted by atomic mass is 10.1. The summed E-state index contributed by atoms with van der Waals surface area (Å²) in [6.45, 7) is 0. The van der Waals surface area contributed by atoms with Crippen molar-refractivity contribution in [3.05, 3.63) is 93.1 Å². The lowest BCUT2D eigenvalue weighted by molar-refractivity contribution is -0.112. The van der Waals surface area contributed by atoms with Crippen molar-refractivity contribution < 1.29 is 19.1 Å². The first-order valence-electron chi connectivity index (χ1n) is 9.14. The molecule has 0 aliphatic heterocycles. The number of halogens is 1. The van der Waals surface area contributed by atoms with Gasteiger partial charge in [0, 0.05) is 3.57 Å². The molecule has 0 bridgehead atoms. The third-order valence-electron chi connectivity index (χ3n) is 4.21. The Morgan fingerprint density at radius 1 is 0.968 bits per heavy atom. The third-order valence-corrected chi connectivity index (χ3v) is 5.16. The van der Waals surface area contributed by atoms with Gasteiger partial charge in [0.2, 0.25) is 0 Å². The second kappa shape index (κ2) is 10.4. The molecular formula is C24H17IN2O4. The summed E-state index contributed by atoms with van der Waals surface area (Å²) in [6.07, 6.45) is 1.47. The van der Waals surface area contributed by atoms with Gasteiger partial charge in [-0.05, 0) is 82.8 Å². The average molecular weight is 524 g/mol. The fourth-order valence-electron chi connectivity index (χ4n) is 2.59. The summed E-state index contributed by atoms with van der Waals surface area (Å²) >= 11 is 2.11. The van der Waals surface area contributed by atoms with Crippen LogP contribution in [0.3, 0.4) is 0 Å². The van der Waals surface area contributed by atoms with E-state index in [1.807, 2.05) is 18.2 Å². The Balaban J connectivity index is 1.68. The van der Waals surface area contributed by atoms with Crippen molar-refractivity contribution in [3.63, 3.8) is 0 Å². The number of carbonyl (C=O) groups is 2. The maximum absolute atomic E-state index is 12.4. The minimum Gasteiger partial charge on any atom is -0.497 e. The maximum Gasteiger partial charge on any atom is 0.343 e. The number of nitrogens with one attached hydrogen (secondary N) is 1. The van der Waals surface area contributed by atoms with Gasteiger partial charge in [0.05, 0.1) is 18.4 Å². The zero-order chi connectivity index (χ0) is 22.2. The molecule has 3 rings (SSSR count). The summed E-state index contributed by atoms with van der Waals surface area (Å²) in [6, 6.07) is 22.3. The van der Waals surface area contributed by atoms with Gasteiger partial charge in [-0.15, -0.1) is 0 Å². The second-order valence-electron chi connectivity index (χ2n) is 6.29. The van der Waals surface area contributed by atoms with Crippen LogP contribution in [0, 0.1) is 14.9 Å². The molecule has 154 valence electrons. The van der Waals surface area contributed by atoms with Crippen LogP contribution < -0.4 is 14.8 Å². The van der Waals surface area contributed by atoms with E-state index in [9.17, 15) is 14.9 Å². The van der Waals surface area contributed by atoms with Gasteiger partial charge in [-0.2, -0.15) is 5.26 Å². The van der Waals surface area contributed by atoms with Crippen LogP contribution in [0.15, 0.2) is 78.4 Å². The smallest absolute Gasteiger partial charge is 0.343 e. The lowest BCUT2D eigenvalue weighted by Crippen LogP contribution is -2.14. The van der Waals surface area contributed by atoms with Crippen molar-refractivity contribution in [1.29, 1.82) is 5.26 Å². The van der Waals surface area contributed by atoms with Crippen molar-refractivity contribution in [3.8, 4) is 17.6 Å². The van der Waals surface area contributed by atoms with Gasteiger partial charge in [-0.1, -0.05) is 24.3 Å². The highest BCUT2D eigenvalue weighted by molar-refractivity contribution is 14.1. The highest BCUT2D eigenvalue weighted by atomic mass is 127. The zero-order valence-corrected chi connectivity index (χ0v) is 18.6. The quantitative estimate of drug-likeness (QED) is 0.160. The summed E-state index contributed by atoms with van der Waals surface area (Å²) in [5.74, 6) is -0.00565. The molecule has 3 aromatic rings. The minimum atomic E-state index is -0.500. The van der Waals surface area contributed by atoms with Gasteiger partial charge >= 0.3 is 5.97 Å². The molecule has 0 aromatic heterocycles. The molecule has 7 heteroatoms. The number of para-hydroxylation sites is 1. The predicted molar refractivity (Wildman–Crippen MR) is 126 cm³/mol. The minimum absolute atomic E-state index is 0.0392. The van der Waals surface area contributed by atoms with Gasteiger partial charge in [-0.3, -0.25) is 4.79 Å². The molecule has 0 heterocycles. The normalized spacial score (nSPS) is 10.7. The Hall–Kier alpha value is -3.64. The van der Waals surface area contributed by atoms with Crippen LogP contribution in [0.2, 0.25) is 0 Å². The van der Waals surface area contributed by atoms with Crippen molar-refractivity contribution in [2.24, 2.45) is 0 Å². The molecule has 0 atom stereocenters. The Kier molecular flexibility index (Phi) is 7.40. The Bertz CT molecular complexity index is 1160. The first-order valence-corrected chi connectivity index (χ1v) is 10.2. The van der Waals surface area contributed by atoms with Crippen LogP contribution in [-0.4, -0.2) is 19.0 Å². The summed E-state index contributed by atoms with van der Waals surface area (Å²) in [5.41, 5.74) is 1.61. The van der Waals surface area contributed by atoms with E-state index in [0.717, 1.165) is 3.57 Å². The molecule has 0 spiro atoms. The molecule has 0 radical (unpaired) electrons. The van der Waals surface area contributed by atoms with E-state index < -0.39 is 11.9 Å². The molecule has 3 aromatic carbocycles. The fraction of sp³-hybridized carbons (Fsp3) is 0.0417. The van der Waals surface area contributed by atoms with E-state index in [2.05, 4.69) is 27.9 Å². The number of amides is 1. The fourth-order valence-corrected chi connectivity index (χ4v) is 3.11. The van der Waals surface area contributed by atoms with Crippen LogP contribution in [0.4, 0.5) is 5.69 Å². The average Bonchev–Trinajstić information content (AvgIpc) is 2.80. The number of nitrogens with zero attached hydrogens (tertiary/aromatic N) is 1. The number of benzene rings is 3. The van der Waals surface area contributed by atoms with E-state index in [-0.39, 0.29) is 5.57 Å². The van der Waals surface area contributed by atoms with Crippen LogP contribution in [0.1, 0.15) is 15.9 Å². The summed E-state index contributed by atoms with van der Waals surface area (Å²) in [5, 5.41) is 12.1. The highest BCUT2D eigenvalue weighted by Crippen LogP contribution is 2.20. The number of hydrogen-bond acceptors (Lipinski definition) is 5. The maximum atomic E-state index is 12.4. The number of nitriles is 1. The number of hydrogen-bond donors (Lipinski definition) is 1. The Morgan fingerprint density at radius 3 is 2.23 bits per heavy atom. The van der Waals surface area contributed by atoms with E-state index in [0.29, 0.717) is 28.3 Å². The summed E-state index contributed by atoms with van der Waals surface area (Å²) in [4.78, 5) is 24.7. The molecule has 0 fully saturated rings. The number of carbonyl (C=O) groups excluding carboxylic acids is 2. The van der Waals surface area contributed by atoms with Crippen molar-refractivity contribution in [2.75, 3.05) is 12.4 Å². The molecule has 1 N–H and O–H groups in total. The molecule has 1 amide bonds. The number of anilines is 1. The zero-order valence-electron chi connectivity index (χ0n) is 16.5. The lowest BCUT2D eigenvalue weighted by Gasteiger charge is -2.07. The number of methoxy groups -OCH3 is 1. The van der Waals surface area contributed by atoms with Gasteiger partial charge in [0.1, 0.15) is 23.1 Å². The van der Waals surface area contributed by atoms with E-state index in [1.165, 1.54) is 6.08 Å². The summed E-state index contributed by atoms with van der Waals surface area (Å²) in [7, 11) is 1.55. The second-order valence-corrected chi connectivity index (χ2v) is 7.45. The molecule has 0 aliphatic rings. The van der Waals surface area contributed by atoms with E-state index >= 15 is 0 Å². The molecule has 0 aliphatic carbocycles. The molecule has 6 nitrogen and oxygen atoms in total. The predicted octanol–water partition coefficient (Wildman–Crippen LogP) is 5.06. The van der Waals surface area contributed by atoms with Gasteiger partial charge in [0.15, 0.2) is 0 Å². The van der Waals surface area contributed by atoms with E-state index in [1.54, 1.807) is 67.8 Å².